The fourth-order valence-corrected chi connectivity index (χ4v) is 4.78. The summed E-state index contributed by atoms with van der Waals surface area (Å²) in [7, 11) is 3.86. The predicted octanol–water partition coefficient (Wildman–Crippen LogP) is 4.34. The van der Waals surface area contributed by atoms with Crippen molar-refractivity contribution < 1.29 is 4.74 Å². The number of hydrogen-bond donors (Lipinski definition) is 1. The second-order valence-electron chi connectivity index (χ2n) is 5.67. The largest absolute Gasteiger partial charge is 0.496 e. The van der Waals surface area contributed by atoms with E-state index in [0.29, 0.717) is 11.3 Å². The Balaban J connectivity index is 2.07. The lowest BCUT2D eigenvalue weighted by Gasteiger charge is -2.36. The number of nitrogens with one attached hydrogen (secondary N) is 1. The minimum Gasteiger partial charge on any atom is -0.496 e. The van der Waals surface area contributed by atoms with Gasteiger partial charge in [-0.1, -0.05) is 31.9 Å². The average Bonchev–Trinajstić information content (AvgIpc) is 2.48. The van der Waals surface area contributed by atoms with Crippen LogP contribution >= 0.6 is 11.8 Å². The van der Waals surface area contributed by atoms with Crippen LogP contribution < -0.4 is 10.1 Å². The predicted molar refractivity (Wildman–Crippen MR) is 87.7 cm³/mol. The Morgan fingerprint density at radius 2 is 2.10 bits per heavy atom. The lowest BCUT2D eigenvalue weighted by Crippen LogP contribution is -2.40. The van der Waals surface area contributed by atoms with E-state index in [1.54, 1.807) is 7.11 Å². The van der Waals surface area contributed by atoms with Crippen LogP contribution in [0.1, 0.15) is 39.0 Å². The second kappa shape index (κ2) is 7.94. The molecule has 2 rings (SSSR count). The van der Waals surface area contributed by atoms with E-state index >= 15 is 0 Å². The number of rotatable bonds is 6. The first-order valence-electron chi connectivity index (χ1n) is 7.75. The molecular weight excluding hydrogens is 266 g/mol. The maximum Gasteiger partial charge on any atom is 0.132 e. The molecule has 1 aliphatic carbocycles. The summed E-state index contributed by atoms with van der Waals surface area (Å²) in [6.45, 7) is 2.30. The Morgan fingerprint density at radius 3 is 2.80 bits per heavy atom. The summed E-state index contributed by atoms with van der Waals surface area (Å²) < 4.78 is 5.49. The molecular formula is C17H27NOS. The van der Waals surface area contributed by atoms with Crippen LogP contribution in [-0.2, 0) is 0 Å². The van der Waals surface area contributed by atoms with Crippen LogP contribution in [0.3, 0.4) is 0 Å². The third kappa shape index (κ3) is 3.92. The van der Waals surface area contributed by atoms with Gasteiger partial charge in [0.05, 0.1) is 7.11 Å². The summed E-state index contributed by atoms with van der Waals surface area (Å²) in [5.74, 6) is 1.90. The smallest absolute Gasteiger partial charge is 0.132 e. The lowest BCUT2D eigenvalue weighted by atomic mass is 9.83. The first kappa shape index (κ1) is 15.7. The Kier molecular flexibility index (Phi) is 6.24. The molecule has 1 fully saturated rings. The van der Waals surface area contributed by atoms with Crippen molar-refractivity contribution in [2.45, 2.75) is 55.2 Å². The zero-order valence-electron chi connectivity index (χ0n) is 12.9. The van der Waals surface area contributed by atoms with Crippen molar-refractivity contribution in [3.8, 4) is 5.75 Å². The Hall–Kier alpha value is -0.670. The number of benzene rings is 1. The molecule has 3 unspecified atom stereocenters. The molecule has 1 aromatic carbocycles. The molecule has 0 aliphatic heterocycles. The SMILES string of the molecule is CCCC1CCC(NC)C(Sc2ccccc2OC)C1. The maximum atomic E-state index is 5.49. The number of methoxy groups -OCH3 is 1. The van der Waals surface area contributed by atoms with Gasteiger partial charge in [-0.15, -0.1) is 11.8 Å². The third-order valence-electron chi connectivity index (χ3n) is 4.32. The number of thioether (sulfide) groups is 1. The zero-order valence-corrected chi connectivity index (χ0v) is 13.7. The van der Waals surface area contributed by atoms with Crippen LogP contribution in [0.2, 0.25) is 0 Å². The average molecular weight is 293 g/mol. The maximum absolute atomic E-state index is 5.49. The quantitative estimate of drug-likeness (QED) is 0.843. The van der Waals surface area contributed by atoms with E-state index in [1.165, 1.54) is 37.0 Å². The summed E-state index contributed by atoms with van der Waals surface area (Å²) in [6, 6.07) is 9.01. The molecule has 112 valence electrons. The van der Waals surface area contributed by atoms with E-state index in [4.69, 9.17) is 4.74 Å². The summed E-state index contributed by atoms with van der Waals surface area (Å²) in [6.07, 6.45) is 6.68. The van der Waals surface area contributed by atoms with Crippen LogP contribution in [0.25, 0.3) is 0 Å². The van der Waals surface area contributed by atoms with Gasteiger partial charge in [-0.25, -0.2) is 0 Å². The molecule has 3 heteroatoms. The molecule has 0 spiro atoms. The second-order valence-corrected chi connectivity index (χ2v) is 6.95. The van der Waals surface area contributed by atoms with Gasteiger partial charge in [0, 0.05) is 16.2 Å². The molecule has 1 N–H and O–H groups in total. The van der Waals surface area contributed by atoms with E-state index in [-0.39, 0.29) is 0 Å². The van der Waals surface area contributed by atoms with Crippen molar-refractivity contribution in [2.24, 2.45) is 5.92 Å². The highest BCUT2D eigenvalue weighted by Crippen LogP contribution is 2.40. The van der Waals surface area contributed by atoms with Gasteiger partial charge in [0.15, 0.2) is 0 Å². The molecule has 1 aliphatic rings. The zero-order chi connectivity index (χ0) is 14.4. The highest BCUT2D eigenvalue weighted by molar-refractivity contribution is 8.00. The molecule has 0 radical (unpaired) electrons. The van der Waals surface area contributed by atoms with Crippen molar-refractivity contribution in [1.82, 2.24) is 5.32 Å². The van der Waals surface area contributed by atoms with E-state index in [2.05, 4.69) is 37.5 Å². The molecule has 1 aromatic rings. The lowest BCUT2D eigenvalue weighted by molar-refractivity contribution is 0.295. The highest BCUT2D eigenvalue weighted by Gasteiger charge is 2.30. The molecule has 3 atom stereocenters. The van der Waals surface area contributed by atoms with Crippen molar-refractivity contribution in [3.63, 3.8) is 0 Å². The third-order valence-corrected chi connectivity index (χ3v) is 5.73. The van der Waals surface area contributed by atoms with Gasteiger partial charge in [0.2, 0.25) is 0 Å². The standard InChI is InChI=1S/C17H27NOS/c1-4-7-13-10-11-14(18-2)17(12-13)20-16-9-6-5-8-15(16)19-3/h5-6,8-9,13-14,17-18H,4,7,10-12H2,1-3H3. The summed E-state index contributed by atoms with van der Waals surface area (Å²) in [5, 5.41) is 4.17. The van der Waals surface area contributed by atoms with E-state index in [1.807, 2.05) is 17.8 Å². The Labute approximate surface area is 127 Å². The Morgan fingerprint density at radius 1 is 1.30 bits per heavy atom. The molecule has 20 heavy (non-hydrogen) atoms. The topological polar surface area (TPSA) is 21.3 Å². The summed E-state index contributed by atoms with van der Waals surface area (Å²) in [5.41, 5.74) is 0. The number of ether oxygens (including phenoxy) is 1. The normalized spacial score (nSPS) is 26.4. The molecule has 0 aromatic heterocycles. The molecule has 1 saturated carbocycles. The number of para-hydroxylation sites is 1. The number of hydrogen-bond acceptors (Lipinski definition) is 3. The molecule has 0 amide bonds. The molecule has 0 bridgehead atoms. The minimum atomic E-state index is 0.623. The van der Waals surface area contributed by atoms with Gasteiger partial charge >= 0.3 is 0 Å². The minimum absolute atomic E-state index is 0.623. The summed E-state index contributed by atoms with van der Waals surface area (Å²) >= 11 is 1.99. The van der Waals surface area contributed by atoms with Crippen LogP contribution in [0, 0.1) is 5.92 Å². The summed E-state index contributed by atoms with van der Waals surface area (Å²) in [4.78, 5) is 1.28. The molecule has 0 heterocycles. The van der Waals surface area contributed by atoms with E-state index < -0.39 is 0 Å². The molecule has 0 saturated heterocycles. The Bertz CT molecular complexity index is 410. The highest BCUT2D eigenvalue weighted by atomic mass is 32.2. The van der Waals surface area contributed by atoms with Crippen LogP contribution in [-0.4, -0.2) is 25.4 Å². The van der Waals surface area contributed by atoms with Gasteiger partial charge in [-0.3, -0.25) is 0 Å². The van der Waals surface area contributed by atoms with Gasteiger partial charge in [-0.05, 0) is 44.4 Å². The van der Waals surface area contributed by atoms with Crippen molar-refractivity contribution >= 4 is 11.8 Å². The van der Waals surface area contributed by atoms with Gasteiger partial charge in [0.1, 0.15) is 5.75 Å². The monoisotopic (exact) mass is 293 g/mol. The van der Waals surface area contributed by atoms with Crippen molar-refractivity contribution in [3.05, 3.63) is 24.3 Å². The van der Waals surface area contributed by atoms with Gasteiger partial charge in [-0.2, -0.15) is 0 Å². The fourth-order valence-electron chi connectivity index (χ4n) is 3.22. The molecule has 2 nitrogen and oxygen atoms in total. The fraction of sp³-hybridized carbons (Fsp3) is 0.647. The van der Waals surface area contributed by atoms with Crippen LogP contribution in [0.4, 0.5) is 0 Å². The first-order chi connectivity index (χ1) is 9.78. The van der Waals surface area contributed by atoms with E-state index in [9.17, 15) is 0 Å². The van der Waals surface area contributed by atoms with Crippen molar-refractivity contribution in [2.75, 3.05) is 14.2 Å². The first-order valence-corrected chi connectivity index (χ1v) is 8.63. The van der Waals surface area contributed by atoms with Gasteiger partial charge in [0.25, 0.3) is 0 Å². The van der Waals surface area contributed by atoms with E-state index in [0.717, 1.165) is 11.7 Å². The van der Waals surface area contributed by atoms with Crippen LogP contribution in [0.15, 0.2) is 29.2 Å². The van der Waals surface area contributed by atoms with Crippen molar-refractivity contribution in [1.29, 1.82) is 0 Å². The van der Waals surface area contributed by atoms with Crippen LogP contribution in [0.5, 0.6) is 5.75 Å². The van der Waals surface area contributed by atoms with Gasteiger partial charge < -0.3 is 10.1 Å².